The van der Waals surface area contributed by atoms with Crippen molar-refractivity contribution >= 4 is 35.8 Å². The van der Waals surface area contributed by atoms with Crippen LogP contribution in [0, 0.1) is 17.8 Å². The van der Waals surface area contributed by atoms with Crippen LogP contribution in [0.5, 0.6) is 0 Å². The highest BCUT2D eigenvalue weighted by atomic mass is 127. The number of hydrogen-bond donors (Lipinski definition) is 1. The van der Waals surface area contributed by atoms with E-state index in [9.17, 15) is 4.79 Å². The summed E-state index contributed by atoms with van der Waals surface area (Å²) in [5.74, 6) is 2.91. The van der Waals surface area contributed by atoms with Crippen LogP contribution in [0.3, 0.4) is 0 Å². The second-order valence-corrected chi connectivity index (χ2v) is 9.56. The van der Waals surface area contributed by atoms with Gasteiger partial charge in [0.25, 0.3) is 0 Å². The Bertz CT molecular complexity index is 560. The summed E-state index contributed by atoms with van der Waals surface area (Å²) in [5.41, 5.74) is 0. The minimum Gasteiger partial charge on any atom is -0.378 e. The maximum absolute atomic E-state index is 12.8. The molecule has 0 bridgehead atoms. The molecule has 1 amide bonds. The number of carbonyl (C=O) groups is 1. The SMILES string of the molecule is CCNC(=NCC1CCCN(CC(C)C)C1)N1CCC(C(=O)N2CCOCC2)CC1.I. The number of nitrogens with zero attached hydrogens (tertiary/aromatic N) is 4. The fourth-order valence-electron chi connectivity index (χ4n) is 5.00. The number of halogens is 1. The first kappa shape index (κ1) is 26.6. The zero-order chi connectivity index (χ0) is 21.3. The average Bonchev–Trinajstić information content (AvgIpc) is 2.77. The normalized spacial score (nSPS) is 24.3. The van der Waals surface area contributed by atoms with Gasteiger partial charge in [-0.1, -0.05) is 13.8 Å². The van der Waals surface area contributed by atoms with Crippen LogP contribution < -0.4 is 5.32 Å². The Morgan fingerprint density at radius 1 is 1.06 bits per heavy atom. The standard InChI is InChI=1S/C23H43N5O2.HI/c1-4-24-23(25-16-20-6-5-9-26(18-20)17-19(2)3)28-10-7-21(8-11-28)22(29)27-12-14-30-15-13-27;/h19-21H,4-18H2,1-3H3,(H,24,25);1H. The summed E-state index contributed by atoms with van der Waals surface area (Å²) in [7, 11) is 0. The fourth-order valence-corrected chi connectivity index (χ4v) is 5.00. The van der Waals surface area contributed by atoms with Crippen molar-refractivity contribution in [2.24, 2.45) is 22.7 Å². The molecule has 3 heterocycles. The molecule has 0 aromatic rings. The number of aliphatic imine (C=N–C) groups is 1. The highest BCUT2D eigenvalue weighted by Gasteiger charge is 2.30. The summed E-state index contributed by atoms with van der Waals surface area (Å²) >= 11 is 0. The average molecular weight is 550 g/mol. The van der Waals surface area contributed by atoms with Gasteiger partial charge in [-0.15, -0.1) is 24.0 Å². The molecule has 1 N–H and O–H groups in total. The summed E-state index contributed by atoms with van der Waals surface area (Å²) in [6.07, 6.45) is 4.42. The first-order valence-electron chi connectivity index (χ1n) is 12.2. The van der Waals surface area contributed by atoms with Crippen molar-refractivity contribution in [1.29, 1.82) is 0 Å². The van der Waals surface area contributed by atoms with E-state index in [1.807, 2.05) is 4.90 Å². The molecule has 3 rings (SSSR count). The Kier molecular flexibility index (Phi) is 11.9. The molecule has 0 radical (unpaired) electrons. The van der Waals surface area contributed by atoms with Gasteiger partial charge in [-0.2, -0.15) is 0 Å². The van der Waals surface area contributed by atoms with Crippen LogP contribution in [0.2, 0.25) is 0 Å². The van der Waals surface area contributed by atoms with Crippen molar-refractivity contribution in [2.75, 3.05) is 72.1 Å². The zero-order valence-electron chi connectivity index (χ0n) is 19.9. The largest absolute Gasteiger partial charge is 0.378 e. The molecule has 0 aromatic heterocycles. The lowest BCUT2D eigenvalue weighted by molar-refractivity contribution is -0.140. The lowest BCUT2D eigenvalue weighted by atomic mass is 9.95. The Morgan fingerprint density at radius 2 is 1.77 bits per heavy atom. The zero-order valence-corrected chi connectivity index (χ0v) is 22.2. The molecule has 1 atom stereocenters. The summed E-state index contributed by atoms with van der Waals surface area (Å²) in [6.45, 7) is 16.8. The second-order valence-electron chi connectivity index (χ2n) is 9.56. The van der Waals surface area contributed by atoms with Crippen molar-refractivity contribution in [3.05, 3.63) is 0 Å². The summed E-state index contributed by atoms with van der Waals surface area (Å²) < 4.78 is 5.39. The van der Waals surface area contributed by atoms with Crippen LogP contribution in [0.1, 0.15) is 46.5 Å². The molecule has 0 spiro atoms. The van der Waals surface area contributed by atoms with Gasteiger partial charge in [-0.05, 0) is 51.0 Å². The summed E-state index contributed by atoms with van der Waals surface area (Å²) in [4.78, 5) is 24.8. The number of nitrogens with one attached hydrogen (secondary N) is 1. The molecule has 8 heteroatoms. The first-order valence-corrected chi connectivity index (χ1v) is 12.2. The van der Waals surface area contributed by atoms with Gasteiger partial charge in [0.05, 0.1) is 13.2 Å². The number of morpholine rings is 1. The van der Waals surface area contributed by atoms with E-state index in [2.05, 4.69) is 35.9 Å². The second kappa shape index (κ2) is 13.8. The minimum absolute atomic E-state index is 0. The Morgan fingerprint density at radius 3 is 2.42 bits per heavy atom. The third-order valence-corrected chi connectivity index (χ3v) is 6.53. The molecule has 31 heavy (non-hydrogen) atoms. The smallest absolute Gasteiger partial charge is 0.225 e. The number of hydrogen-bond acceptors (Lipinski definition) is 4. The van der Waals surface area contributed by atoms with Gasteiger partial charge in [0, 0.05) is 58.3 Å². The monoisotopic (exact) mass is 549 g/mol. The van der Waals surface area contributed by atoms with Crippen molar-refractivity contribution in [3.8, 4) is 0 Å². The van der Waals surface area contributed by atoms with Gasteiger partial charge in [0.1, 0.15) is 0 Å². The quantitative estimate of drug-likeness (QED) is 0.314. The maximum atomic E-state index is 12.8. The predicted molar refractivity (Wildman–Crippen MR) is 137 cm³/mol. The Labute approximate surface area is 206 Å². The van der Waals surface area contributed by atoms with E-state index in [1.54, 1.807) is 0 Å². The van der Waals surface area contributed by atoms with Crippen LogP contribution in [-0.4, -0.2) is 98.7 Å². The van der Waals surface area contributed by atoms with Crippen LogP contribution in [0.15, 0.2) is 4.99 Å². The van der Waals surface area contributed by atoms with E-state index in [0.29, 0.717) is 25.0 Å². The van der Waals surface area contributed by atoms with E-state index in [4.69, 9.17) is 9.73 Å². The van der Waals surface area contributed by atoms with Crippen molar-refractivity contribution in [1.82, 2.24) is 20.0 Å². The van der Waals surface area contributed by atoms with Crippen molar-refractivity contribution < 1.29 is 9.53 Å². The number of likely N-dealkylation sites (tertiary alicyclic amines) is 2. The van der Waals surface area contributed by atoms with Crippen LogP contribution in [0.25, 0.3) is 0 Å². The van der Waals surface area contributed by atoms with Crippen LogP contribution in [-0.2, 0) is 9.53 Å². The first-order chi connectivity index (χ1) is 14.6. The maximum Gasteiger partial charge on any atom is 0.225 e. The van der Waals surface area contributed by atoms with E-state index in [1.165, 1.54) is 32.5 Å². The molecule has 3 aliphatic heterocycles. The van der Waals surface area contributed by atoms with E-state index >= 15 is 0 Å². The Balaban J connectivity index is 0.00000341. The molecule has 1 unspecified atom stereocenters. The predicted octanol–water partition coefficient (Wildman–Crippen LogP) is 2.51. The number of amides is 1. The number of rotatable bonds is 6. The highest BCUT2D eigenvalue weighted by Crippen LogP contribution is 2.21. The number of guanidine groups is 1. The van der Waals surface area contributed by atoms with Gasteiger partial charge >= 0.3 is 0 Å². The third kappa shape index (κ3) is 8.35. The highest BCUT2D eigenvalue weighted by molar-refractivity contribution is 14.0. The van der Waals surface area contributed by atoms with Crippen molar-refractivity contribution in [2.45, 2.75) is 46.5 Å². The summed E-state index contributed by atoms with van der Waals surface area (Å²) in [5, 5.41) is 3.49. The fraction of sp³-hybridized carbons (Fsp3) is 0.913. The van der Waals surface area contributed by atoms with Gasteiger partial charge < -0.3 is 24.8 Å². The molecular formula is C23H44IN5O2. The molecule has 3 fully saturated rings. The molecule has 7 nitrogen and oxygen atoms in total. The van der Waals surface area contributed by atoms with Gasteiger partial charge in [-0.25, -0.2) is 0 Å². The topological polar surface area (TPSA) is 60.4 Å². The third-order valence-electron chi connectivity index (χ3n) is 6.53. The molecule has 0 aliphatic carbocycles. The van der Waals surface area contributed by atoms with Gasteiger partial charge in [-0.3, -0.25) is 9.79 Å². The lowest BCUT2D eigenvalue weighted by Crippen LogP contribution is -2.50. The van der Waals surface area contributed by atoms with E-state index in [-0.39, 0.29) is 29.9 Å². The number of ether oxygens (including phenoxy) is 1. The lowest BCUT2D eigenvalue weighted by Gasteiger charge is -2.37. The molecule has 0 saturated carbocycles. The van der Waals surface area contributed by atoms with Crippen LogP contribution >= 0.6 is 24.0 Å². The summed E-state index contributed by atoms with van der Waals surface area (Å²) in [6, 6.07) is 0. The van der Waals surface area contributed by atoms with E-state index < -0.39 is 0 Å². The molecule has 3 aliphatic rings. The molecule has 180 valence electrons. The number of carbonyl (C=O) groups excluding carboxylic acids is 1. The molecule has 3 saturated heterocycles. The van der Waals surface area contributed by atoms with E-state index in [0.717, 1.165) is 64.0 Å². The minimum atomic E-state index is 0. The van der Waals surface area contributed by atoms with Crippen LogP contribution in [0.4, 0.5) is 0 Å². The van der Waals surface area contributed by atoms with Crippen molar-refractivity contribution in [3.63, 3.8) is 0 Å². The van der Waals surface area contributed by atoms with Gasteiger partial charge in [0.15, 0.2) is 5.96 Å². The number of piperidine rings is 2. The van der Waals surface area contributed by atoms with Gasteiger partial charge in [0.2, 0.25) is 5.91 Å². The molecular weight excluding hydrogens is 505 g/mol. The molecule has 0 aromatic carbocycles. The Hall–Kier alpha value is -0.610.